The van der Waals surface area contributed by atoms with Gasteiger partial charge in [0.25, 0.3) is 0 Å². The molecule has 0 atom stereocenters. The topological polar surface area (TPSA) is 45.8 Å². The van der Waals surface area contributed by atoms with Crippen LogP contribution >= 0.6 is 24.0 Å². The third-order valence-corrected chi connectivity index (χ3v) is 3.65. The van der Waals surface area contributed by atoms with E-state index in [1.54, 1.807) is 6.07 Å². The highest BCUT2D eigenvalue weighted by Crippen LogP contribution is 2.15. The Labute approximate surface area is 121 Å². The minimum atomic E-state index is 0.0904. The van der Waals surface area contributed by atoms with Gasteiger partial charge < -0.3 is 4.98 Å². The highest BCUT2D eigenvalue weighted by atomic mass is 32.2. The van der Waals surface area contributed by atoms with Crippen molar-refractivity contribution >= 4 is 29.8 Å². The molecule has 5 heteroatoms. The van der Waals surface area contributed by atoms with Gasteiger partial charge in [0.1, 0.15) is 4.64 Å². The summed E-state index contributed by atoms with van der Waals surface area (Å²) in [6, 6.07) is 9.38. The van der Waals surface area contributed by atoms with Crippen LogP contribution in [0.2, 0.25) is 0 Å². The molecular weight excluding hydrogens is 276 g/mol. The summed E-state index contributed by atoms with van der Waals surface area (Å²) in [4.78, 5) is 19.3. The van der Waals surface area contributed by atoms with Gasteiger partial charge in [0.05, 0.1) is 5.75 Å². The minimum Gasteiger partial charge on any atom is -0.338 e. The van der Waals surface area contributed by atoms with Crippen molar-refractivity contribution in [3.05, 3.63) is 51.8 Å². The van der Waals surface area contributed by atoms with Crippen LogP contribution in [-0.2, 0) is 0 Å². The molecule has 0 aliphatic carbocycles. The predicted molar refractivity (Wildman–Crippen MR) is 80.4 cm³/mol. The molecule has 1 N–H and O–H groups in total. The number of Topliss-reactive ketones (excluding diaryl/α,β-unsaturated/α-hetero) is 1. The van der Waals surface area contributed by atoms with Crippen molar-refractivity contribution in [3.8, 4) is 0 Å². The summed E-state index contributed by atoms with van der Waals surface area (Å²) in [5.74, 6) is 0.442. The van der Waals surface area contributed by atoms with Crippen molar-refractivity contribution in [2.45, 2.75) is 19.0 Å². The van der Waals surface area contributed by atoms with Gasteiger partial charge in [-0.3, -0.25) is 4.79 Å². The first kappa shape index (κ1) is 14.0. The standard InChI is InChI=1S/C14H14N2OS2/c1-9-3-5-11(6-4-9)12(17)8-19-14-15-10(2)7-13(18)16-14/h3-7H,8H2,1-2H3,(H,15,16,18). The zero-order chi connectivity index (χ0) is 13.8. The maximum Gasteiger partial charge on any atom is 0.173 e. The van der Waals surface area contributed by atoms with Crippen molar-refractivity contribution in [2.75, 3.05) is 5.75 Å². The van der Waals surface area contributed by atoms with E-state index in [9.17, 15) is 4.79 Å². The van der Waals surface area contributed by atoms with E-state index in [1.807, 2.05) is 38.1 Å². The fourth-order valence-corrected chi connectivity index (χ4v) is 2.73. The number of aromatic nitrogens is 2. The van der Waals surface area contributed by atoms with Gasteiger partial charge in [-0.05, 0) is 19.9 Å². The van der Waals surface area contributed by atoms with Crippen molar-refractivity contribution in [3.63, 3.8) is 0 Å². The van der Waals surface area contributed by atoms with E-state index in [-0.39, 0.29) is 5.78 Å². The number of thioether (sulfide) groups is 1. The van der Waals surface area contributed by atoms with Crippen molar-refractivity contribution in [1.29, 1.82) is 0 Å². The van der Waals surface area contributed by atoms with Gasteiger partial charge in [0, 0.05) is 11.3 Å². The number of carbonyl (C=O) groups excluding carboxylic acids is 1. The lowest BCUT2D eigenvalue weighted by atomic mass is 10.1. The van der Waals surface area contributed by atoms with Gasteiger partial charge in [0.2, 0.25) is 0 Å². The number of nitrogens with zero attached hydrogens (tertiary/aromatic N) is 1. The first-order valence-corrected chi connectivity index (χ1v) is 7.24. The molecule has 1 aromatic heterocycles. The summed E-state index contributed by atoms with van der Waals surface area (Å²) in [6.45, 7) is 3.92. The van der Waals surface area contributed by atoms with Gasteiger partial charge in [-0.1, -0.05) is 53.8 Å². The third-order valence-electron chi connectivity index (χ3n) is 2.57. The second-order valence-electron chi connectivity index (χ2n) is 4.29. The van der Waals surface area contributed by atoms with Crippen molar-refractivity contribution in [2.24, 2.45) is 0 Å². The summed E-state index contributed by atoms with van der Waals surface area (Å²) >= 11 is 6.42. The lowest BCUT2D eigenvalue weighted by molar-refractivity contribution is 0.102. The molecular formula is C14H14N2OS2. The summed E-state index contributed by atoms with van der Waals surface area (Å²) in [6.07, 6.45) is 0. The van der Waals surface area contributed by atoms with Crippen LogP contribution in [0.4, 0.5) is 0 Å². The number of benzene rings is 1. The van der Waals surface area contributed by atoms with Crippen LogP contribution in [0.25, 0.3) is 0 Å². The number of nitrogens with one attached hydrogen (secondary N) is 1. The number of hydrogen-bond acceptors (Lipinski definition) is 4. The highest BCUT2D eigenvalue weighted by Gasteiger charge is 2.07. The molecule has 0 radical (unpaired) electrons. The number of carbonyl (C=O) groups is 1. The Bertz CT molecular complexity index is 647. The zero-order valence-corrected chi connectivity index (χ0v) is 12.4. The Balaban J connectivity index is 2.04. The Morgan fingerprint density at radius 1 is 1.32 bits per heavy atom. The van der Waals surface area contributed by atoms with Crippen LogP contribution < -0.4 is 0 Å². The molecule has 2 aromatic rings. The fraction of sp³-hybridized carbons (Fsp3) is 0.214. The molecule has 0 bridgehead atoms. The molecule has 0 spiro atoms. The summed E-state index contributed by atoms with van der Waals surface area (Å²) in [5.41, 5.74) is 2.82. The number of ketones is 1. The fourth-order valence-electron chi connectivity index (χ4n) is 1.58. The van der Waals surface area contributed by atoms with E-state index >= 15 is 0 Å². The Morgan fingerprint density at radius 2 is 2.00 bits per heavy atom. The van der Waals surface area contributed by atoms with Gasteiger partial charge in [-0.2, -0.15) is 0 Å². The molecule has 0 aliphatic rings. The van der Waals surface area contributed by atoms with Crippen LogP contribution in [0.5, 0.6) is 0 Å². The molecule has 0 saturated heterocycles. The molecule has 0 amide bonds. The molecule has 0 fully saturated rings. The van der Waals surface area contributed by atoms with E-state index in [2.05, 4.69) is 9.97 Å². The van der Waals surface area contributed by atoms with Crippen LogP contribution in [0.3, 0.4) is 0 Å². The monoisotopic (exact) mass is 290 g/mol. The maximum absolute atomic E-state index is 12.0. The number of hydrogen-bond donors (Lipinski definition) is 1. The van der Waals surface area contributed by atoms with E-state index in [1.165, 1.54) is 11.8 Å². The highest BCUT2D eigenvalue weighted by molar-refractivity contribution is 7.99. The average molecular weight is 290 g/mol. The van der Waals surface area contributed by atoms with Crippen LogP contribution in [-0.4, -0.2) is 21.5 Å². The van der Waals surface area contributed by atoms with Crippen molar-refractivity contribution in [1.82, 2.24) is 9.97 Å². The summed E-state index contributed by atoms with van der Waals surface area (Å²) in [5, 5.41) is 0.686. The van der Waals surface area contributed by atoms with Gasteiger partial charge >= 0.3 is 0 Å². The molecule has 98 valence electrons. The molecule has 19 heavy (non-hydrogen) atoms. The van der Waals surface area contributed by atoms with E-state index < -0.39 is 0 Å². The summed E-state index contributed by atoms with van der Waals surface area (Å²) < 4.78 is 0.543. The molecule has 2 rings (SSSR count). The Morgan fingerprint density at radius 3 is 2.63 bits per heavy atom. The van der Waals surface area contributed by atoms with Gasteiger partial charge in [-0.25, -0.2) is 4.98 Å². The van der Waals surface area contributed by atoms with Crippen molar-refractivity contribution < 1.29 is 4.79 Å². The number of aryl methyl sites for hydroxylation is 2. The second kappa shape index (κ2) is 6.12. The van der Waals surface area contributed by atoms with Crippen LogP contribution in [0.15, 0.2) is 35.5 Å². The second-order valence-corrected chi connectivity index (χ2v) is 5.67. The SMILES string of the molecule is Cc1ccc(C(=O)CSc2nc(=S)cc(C)[nH]2)cc1. The normalized spacial score (nSPS) is 10.4. The predicted octanol–water partition coefficient (Wildman–Crippen LogP) is 3.73. The first-order chi connectivity index (χ1) is 9.04. The molecule has 3 nitrogen and oxygen atoms in total. The molecule has 1 heterocycles. The van der Waals surface area contributed by atoms with E-state index in [0.717, 1.165) is 16.8 Å². The maximum atomic E-state index is 12.0. The van der Waals surface area contributed by atoms with Gasteiger partial charge in [-0.15, -0.1) is 0 Å². The van der Waals surface area contributed by atoms with Crippen LogP contribution in [0, 0.1) is 18.5 Å². The van der Waals surface area contributed by atoms with Crippen LogP contribution in [0.1, 0.15) is 21.6 Å². The third kappa shape index (κ3) is 4.01. The number of rotatable bonds is 4. The smallest absolute Gasteiger partial charge is 0.173 e. The quantitative estimate of drug-likeness (QED) is 0.403. The molecule has 1 aromatic carbocycles. The minimum absolute atomic E-state index is 0.0904. The molecule has 0 saturated carbocycles. The Hall–Kier alpha value is -1.46. The summed E-state index contributed by atoms with van der Waals surface area (Å²) in [7, 11) is 0. The lowest BCUT2D eigenvalue weighted by Crippen LogP contribution is -2.03. The Kier molecular flexibility index (Phi) is 4.50. The van der Waals surface area contributed by atoms with E-state index in [4.69, 9.17) is 12.2 Å². The average Bonchev–Trinajstić information content (AvgIpc) is 2.36. The number of H-pyrrole nitrogens is 1. The largest absolute Gasteiger partial charge is 0.338 e. The zero-order valence-electron chi connectivity index (χ0n) is 10.8. The molecule has 0 unspecified atom stereocenters. The lowest BCUT2D eigenvalue weighted by Gasteiger charge is -2.03. The molecule has 0 aliphatic heterocycles. The van der Waals surface area contributed by atoms with Gasteiger partial charge in [0.15, 0.2) is 10.9 Å². The number of aromatic amines is 1. The first-order valence-electron chi connectivity index (χ1n) is 5.85. The van der Waals surface area contributed by atoms with E-state index in [0.29, 0.717) is 15.5 Å².